The highest BCUT2D eigenvalue weighted by Crippen LogP contribution is 2.35. The maximum Gasteiger partial charge on any atom is 0.416 e. The summed E-state index contributed by atoms with van der Waals surface area (Å²) < 4.78 is 58.7. The molecule has 194 valence electrons. The van der Waals surface area contributed by atoms with Crippen molar-refractivity contribution in [2.24, 2.45) is 5.92 Å². The zero-order valence-electron chi connectivity index (χ0n) is 20.7. The van der Waals surface area contributed by atoms with E-state index in [1.165, 1.54) is 12.1 Å². The Kier molecular flexibility index (Phi) is 8.12. The second kappa shape index (κ2) is 11.3. The van der Waals surface area contributed by atoms with E-state index in [1.807, 2.05) is 44.2 Å². The smallest absolute Gasteiger partial charge is 0.416 e. The maximum absolute atomic E-state index is 12.9. The van der Waals surface area contributed by atoms with Crippen molar-refractivity contribution in [2.45, 2.75) is 45.9 Å². The molecule has 4 rings (SSSR count). The van der Waals surface area contributed by atoms with Crippen molar-refractivity contribution < 1.29 is 27.4 Å². The van der Waals surface area contributed by atoms with E-state index in [4.69, 9.17) is 9.47 Å². The third-order valence-electron chi connectivity index (χ3n) is 5.88. The number of benzene rings is 3. The van der Waals surface area contributed by atoms with Crippen LogP contribution in [0.5, 0.6) is 5.75 Å². The highest BCUT2D eigenvalue weighted by atomic mass is 32.1. The van der Waals surface area contributed by atoms with Gasteiger partial charge in [-0.3, -0.25) is 4.79 Å². The lowest BCUT2D eigenvalue weighted by atomic mass is 9.88. The normalized spacial score (nSPS) is 12.6. The fourth-order valence-electron chi connectivity index (χ4n) is 4.07. The van der Waals surface area contributed by atoms with Gasteiger partial charge in [0.15, 0.2) is 0 Å². The number of hydrogen-bond acceptors (Lipinski definition) is 6. The largest absolute Gasteiger partial charge is 0.489 e. The summed E-state index contributed by atoms with van der Waals surface area (Å²) in [6, 6.07) is 16.2. The van der Waals surface area contributed by atoms with Crippen LogP contribution in [0.1, 0.15) is 49.8 Å². The summed E-state index contributed by atoms with van der Waals surface area (Å²) in [6.07, 6.45) is -3.80. The Bertz CT molecular complexity index is 1370. The molecule has 1 aromatic heterocycles. The molecule has 0 spiro atoms. The van der Waals surface area contributed by atoms with E-state index in [2.05, 4.69) is 8.75 Å². The predicted molar refractivity (Wildman–Crippen MR) is 137 cm³/mol. The molecule has 1 atom stereocenters. The molecule has 0 amide bonds. The molecular formula is C28H27F3N2O3S. The number of alkyl halides is 3. The number of carbonyl (C=O) groups is 1. The number of ether oxygens (including phenoxy) is 2. The third kappa shape index (κ3) is 6.65. The standard InChI is InChI=1S/C28H27F3N2O3S/c1-4-35-27(34)24(11-17(2)3)21-12-20(19-7-10-25-26(15-19)33-37-32-25)13-23(14-21)36-16-18-5-8-22(9-6-18)28(29,30)31/h5-10,12-15,17,24H,4,11,16H2,1-3H3. The average Bonchev–Trinajstić information content (AvgIpc) is 3.33. The van der Waals surface area contributed by atoms with Crippen LogP contribution in [0.15, 0.2) is 60.7 Å². The number of fused-ring (bicyclic) bond motifs is 1. The summed E-state index contributed by atoms with van der Waals surface area (Å²) in [6.45, 7) is 6.21. The highest BCUT2D eigenvalue weighted by Gasteiger charge is 2.30. The molecule has 5 nitrogen and oxygen atoms in total. The van der Waals surface area contributed by atoms with Crippen LogP contribution < -0.4 is 4.74 Å². The molecule has 1 heterocycles. The molecule has 0 saturated carbocycles. The Morgan fingerprint density at radius 2 is 1.68 bits per heavy atom. The minimum atomic E-state index is -4.39. The molecule has 0 aliphatic rings. The molecule has 37 heavy (non-hydrogen) atoms. The van der Waals surface area contributed by atoms with Crippen molar-refractivity contribution in [3.63, 3.8) is 0 Å². The van der Waals surface area contributed by atoms with Crippen LogP contribution in [-0.4, -0.2) is 21.3 Å². The summed E-state index contributed by atoms with van der Waals surface area (Å²) >= 11 is 1.14. The van der Waals surface area contributed by atoms with E-state index in [-0.39, 0.29) is 25.1 Å². The number of rotatable bonds is 9. The fraction of sp³-hybridized carbons (Fsp3) is 0.321. The topological polar surface area (TPSA) is 61.3 Å². The quantitative estimate of drug-likeness (QED) is 0.209. The third-order valence-corrected chi connectivity index (χ3v) is 6.44. The van der Waals surface area contributed by atoms with Gasteiger partial charge in [0.05, 0.1) is 29.8 Å². The van der Waals surface area contributed by atoms with E-state index in [9.17, 15) is 18.0 Å². The van der Waals surface area contributed by atoms with Crippen LogP contribution in [-0.2, 0) is 22.3 Å². The molecule has 4 aromatic rings. The molecule has 1 unspecified atom stereocenters. The summed E-state index contributed by atoms with van der Waals surface area (Å²) in [5.74, 6) is -0.0480. The van der Waals surface area contributed by atoms with E-state index < -0.39 is 17.7 Å². The predicted octanol–water partition coefficient (Wildman–Crippen LogP) is 7.65. The van der Waals surface area contributed by atoms with Crippen LogP contribution in [0.4, 0.5) is 13.2 Å². The van der Waals surface area contributed by atoms with Gasteiger partial charge in [-0.25, -0.2) is 0 Å². The van der Waals surface area contributed by atoms with Crippen LogP contribution in [0.2, 0.25) is 0 Å². The van der Waals surface area contributed by atoms with Gasteiger partial charge in [0.2, 0.25) is 0 Å². The first-order valence-electron chi connectivity index (χ1n) is 12.0. The second-order valence-corrected chi connectivity index (χ2v) is 9.70. The Labute approximate surface area is 217 Å². The second-order valence-electron chi connectivity index (χ2n) is 9.18. The summed E-state index contributed by atoms with van der Waals surface area (Å²) in [7, 11) is 0. The van der Waals surface area contributed by atoms with Crippen molar-refractivity contribution in [1.82, 2.24) is 8.75 Å². The van der Waals surface area contributed by atoms with Gasteiger partial charge >= 0.3 is 12.1 Å². The minimum Gasteiger partial charge on any atom is -0.489 e. The van der Waals surface area contributed by atoms with Crippen LogP contribution >= 0.6 is 11.7 Å². The fourth-order valence-corrected chi connectivity index (χ4v) is 4.59. The number of hydrogen-bond donors (Lipinski definition) is 0. The summed E-state index contributed by atoms with van der Waals surface area (Å²) in [5.41, 5.74) is 3.92. The lowest BCUT2D eigenvalue weighted by molar-refractivity contribution is -0.145. The van der Waals surface area contributed by atoms with E-state index >= 15 is 0 Å². The molecule has 0 aliphatic carbocycles. The molecule has 0 radical (unpaired) electrons. The lowest BCUT2D eigenvalue weighted by Crippen LogP contribution is -2.18. The monoisotopic (exact) mass is 528 g/mol. The van der Waals surface area contributed by atoms with Crippen LogP contribution in [0.3, 0.4) is 0 Å². The van der Waals surface area contributed by atoms with Gasteiger partial charge in [0, 0.05) is 0 Å². The van der Waals surface area contributed by atoms with Crippen LogP contribution in [0, 0.1) is 5.92 Å². The first-order valence-corrected chi connectivity index (χ1v) is 12.7. The summed E-state index contributed by atoms with van der Waals surface area (Å²) in [5, 5.41) is 0. The highest BCUT2D eigenvalue weighted by molar-refractivity contribution is 7.00. The van der Waals surface area contributed by atoms with Crippen molar-refractivity contribution in [3.05, 3.63) is 77.4 Å². The molecule has 0 N–H and O–H groups in total. The van der Waals surface area contributed by atoms with Crippen molar-refractivity contribution in [2.75, 3.05) is 6.61 Å². The molecule has 0 fully saturated rings. The van der Waals surface area contributed by atoms with Gasteiger partial charge in [-0.2, -0.15) is 21.9 Å². The van der Waals surface area contributed by atoms with Gasteiger partial charge in [0.25, 0.3) is 0 Å². The Morgan fingerprint density at radius 3 is 2.35 bits per heavy atom. The number of carbonyl (C=O) groups excluding carboxylic acids is 1. The molecule has 0 aliphatic heterocycles. The minimum absolute atomic E-state index is 0.0737. The molecule has 3 aromatic carbocycles. The number of halogens is 3. The van der Waals surface area contributed by atoms with E-state index in [0.717, 1.165) is 51.6 Å². The molecule has 0 saturated heterocycles. The maximum atomic E-state index is 12.9. The Hall–Kier alpha value is -3.46. The van der Waals surface area contributed by atoms with Gasteiger partial charge in [-0.05, 0) is 77.9 Å². The zero-order valence-corrected chi connectivity index (χ0v) is 21.5. The first kappa shape index (κ1) is 26.6. The van der Waals surface area contributed by atoms with Crippen LogP contribution in [0.25, 0.3) is 22.2 Å². The number of aromatic nitrogens is 2. The van der Waals surface area contributed by atoms with E-state index in [0.29, 0.717) is 17.7 Å². The van der Waals surface area contributed by atoms with Crippen molar-refractivity contribution in [3.8, 4) is 16.9 Å². The SMILES string of the molecule is CCOC(=O)C(CC(C)C)c1cc(OCc2ccc(C(F)(F)F)cc2)cc(-c2ccc3nsnc3c2)c1. The van der Waals surface area contributed by atoms with Gasteiger partial charge < -0.3 is 9.47 Å². The molecule has 0 bridgehead atoms. The Morgan fingerprint density at radius 1 is 0.946 bits per heavy atom. The van der Waals surface area contributed by atoms with Gasteiger partial charge in [0.1, 0.15) is 23.4 Å². The zero-order chi connectivity index (χ0) is 26.6. The number of esters is 1. The molecule has 9 heteroatoms. The summed E-state index contributed by atoms with van der Waals surface area (Å²) in [4.78, 5) is 12.9. The first-order chi connectivity index (χ1) is 17.6. The average molecular weight is 529 g/mol. The van der Waals surface area contributed by atoms with E-state index in [1.54, 1.807) is 13.0 Å². The van der Waals surface area contributed by atoms with Gasteiger partial charge in [-0.1, -0.05) is 38.1 Å². The van der Waals surface area contributed by atoms with Crippen molar-refractivity contribution >= 4 is 28.7 Å². The Balaban J connectivity index is 1.70. The molecular weight excluding hydrogens is 501 g/mol. The van der Waals surface area contributed by atoms with Crippen molar-refractivity contribution in [1.29, 1.82) is 0 Å². The lowest BCUT2D eigenvalue weighted by Gasteiger charge is -2.20. The van der Waals surface area contributed by atoms with Gasteiger partial charge in [-0.15, -0.1) is 0 Å². The number of nitrogens with zero attached hydrogens (tertiary/aromatic N) is 2.